The zero-order valence-corrected chi connectivity index (χ0v) is 11.0. The number of carboxylic acid groups (broad SMARTS) is 1. The van der Waals surface area contributed by atoms with Crippen molar-refractivity contribution in [3.05, 3.63) is 35.6 Å². The molecule has 0 fully saturated rings. The second-order valence-electron chi connectivity index (χ2n) is 4.53. The molecule has 0 aliphatic heterocycles. The first-order valence-corrected chi connectivity index (χ1v) is 5.90. The maximum Gasteiger partial charge on any atom is 0.374 e. The van der Waals surface area contributed by atoms with E-state index < -0.39 is 5.97 Å². The highest BCUT2D eigenvalue weighted by molar-refractivity contribution is 5.85. The second kappa shape index (κ2) is 5.14. The first-order valence-electron chi connectivity index (χ1n) is 5.90. The minimum Gasteiger partial charge on any atom is -0.497 e. The van der Waals surface area contributed by atoms with Gasteiger partial charge in [0.25, 0.3) is 0 Å². The predicted molar refractivity (Wildman–Crippen MR) is 69.5 cm³/mol. The Morgan fingerprint density at radius 2 is 2.05 bits per heavy atom. The maximum atomic E-state index is 10.8. The van der Waals surface area contributed by atoms with Crippen molar-refractivity contribution in [2.75, 3.05) is 7.11 Å². The molecule has 1 heterocycles. The van der Waals surface area contributed by atoms with Gasteiger partial charge in [-0.2, -0.15) is 0 Å². The molecular weight excluding hydrogens is 246 g/mol. The average Bonchev–Trinajstić information content (AvgIpc) is 2.87. The first kappa shape index (κ1) is 13.1. The number of carbonyl (C=O) groups is 1. The lowest BCUT2D eigenvalue weighted by Gasteiger charge is -2.10. The third-order valence-electron chi connectivity index (χ3n) is 2.85. The summed E-state index contributed by atoms with van der Waals surface area (Å²) < 4.78 is 10.0. The average molecular weight is 261 g/mol. The highest BCUT2D eigenvalue weighted by atomic mass is 16.5. The van der Waals surface area contributed by atoms with Crippen LogP contribution in [0.1, 0.15) is 35.9 Å². The summed E-state index contributed by atoms with van der Waals surface area (Å²) in [6.45, 7) is 4.15. The number of hydrogen-bond acceptors (Lipinski definition) is 4. The predicted octanol–water partition coefficient (Wildman–Crippen LogP) is 3.17. The van der Waals surface area contributed by atoms with Gasteiger partial charge in [0.15, 0.2) is 0 Å². The van der Waals surface area contributed by atoms with E-state index in [9.17, 15) is 4.79 Å². The van der Waals surface area contributed by atoms with Gasteiger partial charge in [0.1, 0.15) is 11.4 Å². The molecule has 2 aromatic rings. The van der Waals surface area contributed by atoms with Gasteiger partial charge in [-0.3, -0.25) is 0 Å². The van der Waals surface area contributed by atoms with Crippen LogP contribution >= 0.6 is 0 Å². The number of aromatic carboxylic acids is 1. The minimum atomic E-state index is -1.13. The van der Waals surface area contributed by atoms with Crippen LogP contribution in [-0.2, 0) is 0 Å². The van der Waals surface area contributed by atoms with E-state index in [1.54, 1.807) is 13.2 Å². The van der Waals surface area contributed by atoms with Crippen LogP contribution < -0.4 is 4.74 Å². The SMILES string of the molecule is COc1cc(-c2cc(C(=O)O)on2)cc(C(C)C)c1. The third-order valence-corrected chi connectivity index (χ3v) is 2.85. The van der Waals surface area contributed by atoms with Crippen molar-refractivity contribution in [3.63, 3.8) is 0 Å². The van der Waals surface area contributed by atoms with Gasteiger partial charge in [-0.1, -0.05) is 19.0 Å². The largest absolute Gasteiger partial charge is 0.497 e. The van der Waals surface area contributed by atoms with E-state index >= 15 is 0 Å². The van der Waals surface area contributed by atoms with Gasteiger partial charge in [0.2, 0.25) is 5.76 Å². The fourth-order valence-corrected chi connectivity index (χ4v) is 1.73. The van der Waals surface area contributed by atoms with E-state index in [4.69, 9.17) is 14.4 Å². The Balaban J connectivity index is 2.47. The molecule has 0 bridgehead atoms. The summed E-state index contributed by atoms with van der Waals surface area (Å²) in [6, 6.07) is 7.11. The topological polar surface area (TPSA) is 72.6 Å². The number of rotatable bonds is 4. The lowest BCUT2D eigenvalue weighted by molar-refractivity contribution is 0.0652. The Morgan fingerprint density at radius 1 is 1.32 bits per heavy atom. The molecule has 19 heavy (non-hydrogen) atoms. The highest BCUT2D eigenvalue weighted by Crippen LogP contribution is 2.29. The lowest BCUT2D eigenvalue weighted by Crippen LogP contribution is -1.92. The van der Waals surface area contributed by atoms with Crippen molar-refractivity contribution in [2.24, 2.45) is 0 Å². The Labute approximate surface area is 110 Å². The molecule has 1 aromatic carbocycles. The van der Waals surface area contributed by atoms with Crippen molar-refractivity contribution < 1.29 is 19.2 Å². The van der Waals surface area contributed by atoms with Gasteiger partial charge in [-0.15, -0.1) is 0 Å². The smallest absolute Gasteiger partial charge is 0.374 e. The Hall–Kier alpha value is -2.30. The zero-order chi connectivity index (χ0) is 14.0. The van der Waals surface area contributed by atoms with Crippen LogP contribution in [0.4, 0.5) is 0 Å². The van der Waals surface area contributed by atoms with E-state index in [1.165, 1.54) is 6.07 Å². The molecule has 0 radical (unpaired) electrons. The van der Waals surface area contributed by atoms with E-state index in [0.29, 0.717) is 17.4 Å². The number of nitrogens with zero attached hydrogens (tertiary/aromatic N) is 1. The van der Waals surface area contributed by atoms with Gasteiger partial charge in [0, 0.05) is 11.6 Å². The number of methoxy groups -OCH3 is 1. The molecule has 0 unspecified atom stereocenters. The molecule has 0 atom stereocenters. The van der Waals surface area contributed by atoms with E-state index in [0.717, 1.165) is 11.1 Å². The number of benzene rings is 1. The molecule has 5 nitrogen and oxygen atoms in total. The summed E-state index contributed by atoms with van der Waals surface area (Å²) in [7, 11) is 1.59. The second-order valence-corrected chi connectivity index (χ2v) is 4.53. The fourth-order valence-electron chi connectivity index (χ4n) is 1.73. The monoisotopic (exact) mass is 261 g/mol. The number of carboxylic acids is 1. The van der Waals surface area contributed by atoms with Crippen LogP contribution in [0.25, 0.3) is 11.3 Å². The van der Waals surface area contributed by atoms with Crippen molar-refractivity contribution >= 4 is 5.97 Å². The zero-order valence-electron chi connectivity index (χ0n) is 11.0. The molecule has 5 heteroatoms. The van der Waals surface area contributed by atoms with Crippen LogP contribution in [0.15, 0.2) is 28.8 Å². The van der Waals surface area contributed by atoms with Crippen LogP contribution in [0.3, 0.4) is 0 Å². The van der Waals surface area contributed by atoms with Gasteiger partial charge < -0.3 is 14.4 Å². The lowest BCUT2D eigenvalue weighted by atomic mass is 9.99. The summed E-state index contributed by atoms with van der Waals surface area (Å²) in [5.41, 5.74) is 2.35. The molecule has 0 aliphatic carbocycles. The number of ether oxygens (including phenoxy) is 1. The van der Waals surface area contributed by atoms with Crippen LogP contribution in [0, 0.1) is 0 Å². The quantitative estimate of drug-likeness (QED) is 0.915. The van der Waals surface area contributed by atoms with Crippen LogP contribution in [0.2, 0.25) is 0 Å². The summed E-state index contributed by atoms with van der Waals surface area (Å²) in [5.74, 6) is -0.268. The minimum absolute atomic E-state index is 0.177. The van der Waals surface area contributed by atoms with E-state index in [2.05, 4.69) is 19.0 Å². The first-order chi connectivity index (χ1) is 9.01. The number of aromatic nitrogens is 1. The highest BCUT2D eigenvalue weighted by Gasteiger charge is 2.14. The standard InChI is InChI=1S/C14H15NO4/c1-8(2)9-4-10(6-11(5-9)18-3)12-7-13(14(16)17)19-15-12/h4-8H,1-3H3,(H,16,17). The van der Waals surface area contributed by atoms with Gasteiger partial charge in [-0.05, 0) is 29.7 Å². The molecule has 0 saturated carbocycles. The third kappa shape index (κ3) is 2.76. The molecule has 100 valence electrons. The normalized spacial score (nSPS) is 10.7. The van der Waals surface area contributed by atoms with Crippen molar-refractivity contribution in [2.45, 2.75) is 19.8 Å². The van der Waals surface area contributed by atoms with E-state index in [1.807, 2.05) is 12.1 Å². The molecule has 2 rings (SSSR count). The molecule has 0 saturated heterocycles. The Bertz CT molecular complexity index is 601. The molecule has 1 N–H and O–H groups in total. The fraction of sp³-hybridized carbons (Fsp3) is 0.286. The summed E-state index contributed by atoms with van der Waals surface area (Å²) in [5, 5.41) is 12.6. The van der Waals surface area contributed by atoms with Gasteiger partial charge in [0.05, 0.1) is 7.11 Å². The van der Waals surface area contributed by atoms with Crippen molar-refractivity contribution in [1.29, 1.82) is 0 Å². The summed E-state index contributed by atoms with van der Waals surface area (Å²) in [6.07, 6.45) is 0. The van der Waals surface area contributed by atoms with E-state index in [-0.39, 0.29) is 5.76 Å². The Morgan fingerprint density at radius 3 is 2.58 bits per heavy atom. The summed E-state index contributed by atoms with van der Waals surface area (Å²) in [4.78, 5) is 10.8. The Kier molecular flexibility index (Phi) is 3.55. The molecule has 0 aliphatic rings. The van der Waals surface area contributed by atoms with Crippen molar-refractivity contribution in [1.82, 2.24) is 5.16 Å². The van der Waals surface area contributed by atoms with Gasteiger partial charge in [-0.25, -0.2) is 4.79 Å². The van der Waals surface area contributed by atoms with Gasteiger partial charge >= 0.3 is 5.97 Å². The number of hydrogen-bond donors (Lipinski definition) is 1. The molecular formula is C14H15NO4. The van der Waals surface area contributed by atoms with Crippen molar-refractivity contribution in [3.8, 4) is 17.0 Å². The molecule has 1 aromatic heterocycles. The van der Waals surface area contributed by atoms with Crippen LogP contribution in [-0.4, -0.2) is 23.3 Å². The maximum absolute atomic E-state index is 10.8. The van der Waals surface area contributed by atoms with Crippen LogP contribution in [0.5, 0.6) is 5.75 Å². The molecule has 0 amide bonds. The summed E-state index contributed by atoms with van der Waals surface area (Å²) >= 11 is 0. The molecule has 0 spiro atoms.